The second kappa shape index (κ2) is 10.1. The van der Waals surface area contributed by atoms with Gasteiger partial charge < -0.3 is 19.7 Å². The molecule has 2 amide bonds. The van der Waals surface area contributed by atoms with E-state index in [2.05, 4.69) is 5.32 Å². The molecule has 1 N–H and O–H groups in total. The number of carbonyl (C=O) groups excluding carboxylic acids is 4. The van der Waals surface area contributed by atoms with Gasteiger partial charge in [-0.1, -0.05) is 34.1 Å². The molecule has 0 saturated heterocycles. The Labute approximate surface area is 154 Å². The summed E-state index contributed by atoms with van der Waals surface area (Å²) < 4.78 is 9.91. The van der Waals surface area contributed by atoms with Gasteiger partial charge in [0.25, 0.3) is 0 Å². The van der Waals surface area contributed by atoms with Gasteiger partial charge in [0.1, 0.15) is 6.04 Å². The van der Waals surface area contributed by atoms with E-state index in [4.69, 9.17) is 9.47 Å². The van der Waals surface area contributed by atoms with Crippen LogP contribution in [-0.2, 0) is 23.9 Å². The summed E-state index contributed by atoms with van der Waals surface area (Å²) in [6, 6.07) is -1.30. The number of likely N-dealkylation sites (N-methyl/N-ethyl adjacent to an activating group) is 1. The van der Waals surface area contributed by atoms with Gasteiger partial charge in [0.05, 0.1) is 6.04 Å². The molecule has 1 aliphatic carbocycles. The van der Waals surface area contributed by atoms with Gasteiger partial charge in [-0.2, -0.15) is 0 Å². The van der Waals surface area contributed by atoms with Crippen LogP contribution in [0.3, 0.4) is 0 Å². The number of ether oxygens (including phenoxy) is 2. The molecule has 2 atom stereocenters. The Balaban J connectivity index is 2.48. The molecule has 1 fully saturated rings. The Kier molecular flexibility index (Phi) is 8.54. The van der Waals surface area contributed by atoms with Crippen molar-refractivity contribution in [1.29, 1.82) is 0 Å². The molecule has 0 aromatic rings. The lowest BCUT2D eigenvalue weighted by Crippen LogP contribution is -2.47. The highest BCUT2D eigenvalue weighted by Gasteiger charge is 2.30. The average Bonchev–Trinajstić information content (AvgIpc) is 2.58. The van der Waals surface area contributed by atoms with Crippen LogP contribution in [0.1, 0.15) is 53.4 Å². The van der Waals surface area contributed by atoms with Crippen molar-refractivity contribution in [3.8, 4) is 0 Å². The minimum atomic E-state index is -0.818. The molecule has 1 rings (SSSR count). The maximum absolute atomic E-state index is 12.2. The van der Waals surface area contributed by atoms with Gasteiger partial charge >= 0.3 is 12.1 Å². The minimum Gasteiger partial charge on any atom is -0.426 e. The quantitative estimate of drug-likeness (QED) is 0.542. The molecule has 1 saturated carbocycles. The molecular weight excluding hydrogens is 340 g/mol. The van der Waals surface area contributed by atoms with E-state index in [1.54, 1.807) is 27.7 Å². The lowest BCUT2D eigenvalue weighted by Gasteiger charge is -2.29. The molecule has 26 heavy (non-hydrogen) atoms. The lowest BCUT2D eigenvalue weighted by molar-refractivity contribution is -0.158. The van der Waals surface area contributed by atoms with E-state index in [9.17, 15) is 19.2 Å². The maximum atomic E-state index is 12.2. The number of hydrogen-bond acceptors (Lipinski definition) is 6. The Morgan fingerprint density at radius 1 is 1.15 bits per heavy atom. The molecule has 0 bridgehead atoms. The van der Waals surface area contributed by atoms with E-state index < -0.39 is 30.9 Å². The summed E-state index contributed by atoms with van der Waals surface area (Å²) in [6.45, 7) is 6.44. The van der Waals surface area contributed by atoms with Gasteiger partial charge in [0, 0.05) is 19.4 Å². The normalized spacial score (nSPS) is 18.4. The van der Waals surface area contributed by atoms with Crippen molar-refractivity contribution in [3.63, 3.8) is 0 Å². The first-order valence-electron chi connectivity index (χ1n) is 9.04. The second-order valence-electron chi connectivity index (χ2n) is 7.22. The van der Waals surface area contributed by atoms with E-state index in [0.29, 0.717) is 12.8 Å². The Hall–Kier alpha value is -2.12. The predicted octanol–water partition coefficient (Wildman–Crippen LogP) is 1.86. The zero-order valence-electron chi connectivity index (χ0n) is 16.2. The molecule has 0 heterocycles. The molecule has 2 unspecified atom stereocenters. The van der Waals surface area contributed by atoms with Crippen LogP contribution in [0.25, 0.3) is 0 Å². The third-order valence-electron chi connectivity index (χ3n) is 4.40. The third kappa shape index (κ3) is 6.31. The summed E-state index contributed by atoms with van der Waals surface area (Å²) in [5, 5.41) is 2.63. The fourth-order valence-corrected chi connectivity index (χ4v) is 2.65. The average molecular weight is 370 g/mol. The van der Waals surface area contributed by atoms with E-state index in [1.807, 2.05) is 0 Å². The molecule has 8 heteroatoms. The van der Waals surface area contributed by atoms with Crippen LogP contribution in [0.4, 0.5) is 4.79 Å². The van der Waals surface area contributed by atoms with Gasteiger partial charge in [-0.05, 0) is 18.8 Å². The molecule has 8 nitrogen and oxygen atoms in total. The van der Waals surface area contributed by atoms with Gasteiger partial charge in [0.15, 0.2) is 5.78 Å². The van der Waals surface area contributed by atoms with Crippen molar-refractivity contribution in [2.45, 2.75) is 65.5 Å². The van der Waals surface area contributed by atoms with Crippen LogP contribution in [0, 0.1) is 11.8 Å². The number of nitrogens with zero attached hydrogens (tertiary/aromatic N) is 1. The van der Waals surface area contributed by atoms with Gasteiger partial charge in [-0.15, -0.1) is 0 Å². The first kappa shape index (κ1) is 21.9. The molecule has 0 aromatic heterocycles. The summed E-state index contributed by atoms with van der Waals surface area (Å²) in [6.07, 6.45) is 2.08. The summed E-state index contributed by atoms with van der Waals surface area (Å²) in [7, 11) is 1.50. The molecule has 0 aliphatic heterocycles. The topological polar surface area (TPSA) is 102 Å². The first-order valence-corrected chi connectivity index (χ1v) is 9.04. The van der Waals surface area contributed by atoms with Crippen LogP contribution in [0.15, 0.2) is 0 Å². The highest BCUT2D eigenvalue weighted by molar-refractivity contribution is 5.88. The molecular formula is C18H30N2O6. The zero-order chi connectivity index (χ0) is 19.9. The number of carbonyl (C=O) groups is 4. The molecule has 148 valence electrons. The zero-order valence-corrected chi connectivity index (χ0v) is 16.2. The third-order valence-corrected chi connectivity index (χ3v) is 4.40. The van der Waals surface area contributed by atoms with Crippen LogP contribution >= 0.6 is 0 Å². The summed E-state index contributed by atoms with van der Waals surface area (Å²) in [4.78, 5) is 49.1. The summed E-state index contributed by atoms with van der Waals surface area (Å²) in [5.41, 5.74) is 0. The van der Waals surface area contributed by atoms with Crippen molar-refractivity contribution >= 4 is 23.8 Å². The monoisotopic (exact) mass is 370 g/mol. The molecule has 0 spiro atoms. The van der Waals surface area contributed by atoms with E-state index in [-0.39, 0.29) is 23.5 Å². The second-order valence-corrected chi connectivity index (χ2v) is 7.22. The number of ketones is 1. The number of nitrogens with one attached hydrogen (secondary N) is 1. The number of rotatable bonds is 7. The highest BCUT2D eigenvalue weighted by Crippen LogP contribution is 2.19. The largest absolute Gasteiger partial charge is 0.426 e. The van der Waals surface area contributed by atoms with E-state index in [0.717, 1.165) is 12.8 Å². The Morgan fingerprint density at radius 2 is 1.81 bits per heavy atom. The highest BCUT2D eigenvalue weighted by atomic mass is 16.7. The number of hydrogen-bond donors (Lipinski definition) is 1. The van der Waals surface area contributed by atoms with E-state index in [1.165, 1.54) is 11.9 Å². The summed E-state index contributed by atoms with van der Waals surface area (Å²) >= 11 is 0. The predicted molar refractivity (Wildman–Crippen MR) is 94.1 cm³/mol. The fraction of sp³-hybridized carbons (Fsp3) is 0.778. The van der Waals surface area contributed by atoms with Crippen LogP contribution in [0.5, 0.6) is 0 Å². The Bertz CT molecular complexity index is 532. The first-order chi connectivity index (χ1) is 12.1. The van der Waals surface area contributed by atoms with Gasteiger partial charge in [0.2, 0.25) is 12.7 Å². The van der Waals surface area contributed by atoms with E-state index >= 15 is 0 Å². The number of esters is 1. The van der Waals surface area contributed by atoms with Crippen LogP contribution < -0.4 is 5.32 Å². The molecule has 0 aromatic carbocycles. The minimum absolute atomic E-state index is 0.0176. The number of Topliss-reactive ketones (excluding diaryl/α,β-unsaturated/α-hetero) is 1. The Morgan fingerprint density at radius 3 is 2.35 bits per heavy atom. The van der Waals surface area contributed by atoms with Crippen molar-refractivity contribution in [2.24, 2.45) is 11.8 Å². The molecule has 0 radical (unpaired) electrons. The van der Waals surface area contributed by atoms with Crippen LogP contribution in [-0.4, -0.2) is 54.6 Å². The fourth-order valence-electron chi connectivity index (χ4n) is 2.65. The van der Waals surface area contributed by atoms with Crippen molar-refractivity contribution in [3.05, 3.63) is 0 Å². The lowest BCUT2D eigenvalue weighted by atomic mass is 9.93. The standard InChI is InChI=1S/C18H30N2O6/c1-11(2)15(19-16(22)12(3)4)17(23)25-10-26-18(24)20(5)13-8-6-7-9-14(13)21/h11-13,15H,6-10H2,1-5H3,(H,19,22). The van der Waals surface area contributed by atoms with Crippen molar-refractivity contribution in [1.82, 2.24) is 10.2 Å². The smallest absolute Gasteiger partial charge is 0.413 e. The summed E-state index contributed by atoms with van der Waals surface area (Å²) in [5.74, 6) is -1.35. The van der Waals surface area contributed by atoms with Gasteiger partial charge in [-0.3, -0.25) is 9.59 Å². The SMILES string of the molecule is CC(C)C(=O)NC(C(=O)OCOC(=O)N(C)C1CCCCC1=O)C(C)C. The molecule has 1 aliphatic rings. The van der Waals surface area contributed by atoms with Crippen molar-refractivity contribution in [2.75, 3.05) is 13.8 Å². The number of amides is 2. The van der Waals surface area contributed by atoms with Gasteiger partial charge in [-0.25, -0.2) is 9.59 Å². The maximum Gasteiger partial charge on any atom is 0.413 e. The van der Waals surface area contributed by atoms with Crippen molar-refractivity contribution < 1.29 is 28.7 Å². The van der Waals surface area contributed by atoms with Crippen LogP contribution in [0.2, 0.25) is 0 Å².